The zero-order valence-corrected chi connectivity index (χ0v) is 12.5. The Balaban J connectivity index is 1.62. The van der Waals surface area contributed by atoms with Crippen molar-refractivity contribution in [1.82, 2.24) is 15.1 Å². The minimum Gasteiger partial charge on any atom is -0.382 e. The Morgan fingerprint density at radius 1 is 1.50 bits per heavy atom. The van der Waals surface area contributed by atoms with Crippen LogP contribution in [-0.2, 0) is 6.42 Å². The molecule has 1 aromatic carbocycles. The predicted molar refractivity (Wildman–Crippen MR) is 81.9 cm³/mol. The second-order valence-corrected chi connectivity index (χ2v) is 5.90. The molecule has 2 aromatic rings. The number of nitrogen functional groups attached to an aromatic ring is 1. The second-order valence-electron chi connectivity index (χ2n) is 5.90. The minimum absolute atomic E-state index is 0.0817. The van der Waals surface area contributed by atoms with Gasteiger partial charge in [0.15, 0.2) is 0 Å². The van der Waals surface area contributed by atoms with Gasteiger partial charge >= 0.3 is 0 Å². The molecule has 1 unspecified atom stereocenters. The van der Waals surface area contributed by atoms with Crippen LogP contribution < -0.4 is 5.73 Å². The molecule has 0 radical (unpaired) electrons. The van der Waals surface area contributed by atoms with Crippen LogP contribution in [0.3, 0.4) is 0 Å². The van der Waals surface area contributed by atoms with Gasteiger partial charge in [-0.05, 0) is 42.9 Å². The fourth-order valence-electron chi connectivity index (χ4n) is 2.90. The third-order valence-electron chi connectivity index (χ3n) is 4.16. The fraction of sp³-hybridized carbons (Fsp3) is 0.375. The fourth-order valence-corrected chi connectivity index (χ4v) is 2.90. The lowest BCUT2D eigenvalue weighted by Gasteiger charge is -2.15. The lowest BCUT2D eigenvalue weighted by atomic mass is 9.98. The quantitative estimate of drug-likeness (QED) is 0.912. The van der Waals surface area contributed by atoms with Gasteiger partial charge in [0.2, 0.25) is 0 Å². The highest BCUT2D eigenvalue weighted by atomic mass is 19.1. The van der Waals surface area contributed by atoms with Gasteiger partial charge < -0.3 is 10.6 Å². The first kappa shape index (κ1) is 14.6. The van der Waals surface area contributed by atoms with E-state index < -0.39 is 0 Å². The van der Waals surface area contributed by atoms with Crippen molar-refractivity contribution in [3.8, 4) is 0 Å². The van der Waals surface area contributed by atoms with E-state index >= 15 is 0 Å². The molecule has 1 aromatic heterocycles. The number of hydrogen-bond acceptors (Lipinski definition) is 3. The van der Waals surface area contributed by atoms with Crippen LogP contribution in [0.15, 0.2) is 24.3 Å². The van der Waals surface area contributed by atoms with Crippen LogP contribution in [0, 0.1) is 18.7 Å². The van der Waals surface area contributed by atoms with Crippen molar-refractivity contribution in [3.63, 3.8) is 0 Å². The molecular weight excluding hydrogens is 283 g/mol. The van der Waals surface area contributed by atoms with Crippen molar-refractivity contribution in [2.24, 2.45) is 5.92 Å². The number of benzene rings is 1. The zero-order valence-electron chi connectivity index (χ0n) is 12.5. The topological polar surface area (TPSA) is 75.0 Å². The normalized spacial score (nSPS) is 17.9. The minimum atomic E-state index is -0.170. The van der Waals surface area contributed by atoms with Crippen molar-refractivity contribution in [2.45, 2.75) is 19.8 Å². The van der Waals surface area contributed by atoms with Gasteiger partial charge in [-0.1, -0.05) is 12.1 Å². The van der Waals surface area contributed by atoms with E-state index in [0.29, 0.717) is 36.1 Å². The average Bonchev–Trinajstić information content (AvgIpc) is 3.11. The number of nitrogens with one attached hydrogen (secondary N) is 1. The number of aromatic amines is 1. The van der Waals surface area contributed by atoms with E-state index in [1.165, 1.54) is 0 Å². The summed E-state index contributed by atoms with van der Waals surface area (Å²) < 4.78 is 13.6. The van der Waals surface area contributed by atoms with Gasteiger partial charge in [0.1, 0.15) is 17.3 Å². The van der Waals surface area contributed by atoms with E-state index in [2.05, 4.69) is 10.2 Å². The van der Waals surface area contributed by atoms with Crippen LogP contribution in [0.2, 0.25) is 0 Å². The van der Waals surface area contributed by atoms with Crippen LogP contribution >= 0.6 is 0 Å². The number of hydrogen-bond donors (Lipinski definition) is 2. The molecule has 1 aliphatic heterocycles. The molecule has 116 valence electrons. The molecule has 6 heteroatoms. The third kappa shape index (κ3) is 2.95. The highest BCUT2D eigenvalue weighted by Crippen LogP contribution is 2.23. The summed E-state index contributed by atoms with van der Waals surface area (Å²) in [7, 11) is 0. The molecule has 1 saturated heterocycles. The van der Waals surface area contributed by atoms with E-state index in [-0.39, 0.29) is 11.7 Å². The maximum atomic E-state index is 13.6. The summed E-state index contributed by atoms with van der Waals surface area (Å²) in [5.74, 6) is 0.415. The number of anilines is 1. The predicted octanol–water partition coefficient (Wildman–Crippen LogP) is 2.14. The molecule has 5 nitrogen and oxygen atoms in total. The van der Waals surface area contributed by atoms with E-state index in [0.717, 1.165) is 18.4 Å². The number of aryl methyl sites for hydroxylation is 1. The largest absolute Gasteiger partial charge is 0.382 e. The summed E-state index contributed by atoms with van der Waals surface area (Å²) >= 11 is 0. The zero-order chi connectivity index (χ0) is 15.7. The second kappa shape index (κ2) is 5.79. The van der Waals surface area contributed by atoms with Crippen LogP contribution in [0.4, 0.5) is 10.2 Å². The lowest BCUT2D eigenvalue weighted by molar-refractivity contribution is 0.0781. The molecule has 3 N–H and O–H groups in total. The number of carbonyl (C=O) groups excluding carboxylic acids is 1. The summed E-state index contributed by atoms with van der Waals surface area (Å²) in [6.45, 7) is 3.13. The van der Waals surface area contributed by atoms with E-state index in [1.807, 2.05) is 6.07 Å². The maximum absolute atomic E-state index is 13.6. The number of likely N-dealkylation sites (tertiary alicyclic amines) is 1. The first-order chi connectivity index (χ1) is 10.5. The van der Waals surface area contributed by atoms with Crippen molar-refractivity contribution in [2.75, 3.05) is 18.8 Å². The molecule has 0 bridgehead atoms. The number of halogens is 1. The molecule has 2 heterocycles. The van der Waals surface area contributed by atoms with Crippen LogP contribution in [-0.4, -0.2) is 34.1 Å². The average molecular weight is 302 g/mol. The molecule has 22 heavy (non-hydrogen) atoms. The van der Waals surface area contributed by atoms with Gasteiger partial charge in [-0.3, -0.25) is 9.89 Å². The molecule has 1 fully saturated rings. The lowest BCUT2D eigenvalue weighted by Crippen LogP contribution is -2.29. The summed E-state index contributed by atoms with van der Waals surface area (Å²) in [6.07, 6.45) is 1.71. The molecular formula is C16H19FN4O. The number of aromatic nitrogens is 2. The molecule has 1 atom stereocenters. The number of nitrogens with two attached hydrogens (primary N) is 1. The van der Waals surface area contributed by atoms with Crippen molar-refractivity contribution in [3.05, 3.63) is 46.9 Å². The number of carbonyl (C=O) groups is 1. The SMILES string of the molecule is Cc1ccc(CC2CCN(C(=O)c3cc(N)n[nH]3)C2)cc1F. The van der Waals surface area contributed by atoms with Crippen molar-refractivity contribution >= 4 is 11.7 Å². The van der Waals surface area contributed by atoms with E-state index in [4.69, 9.17) is 5.73 Å². The molecule has 1 aliphatic rings. The first-order valence-electron chi connectivity index (χ1n) is 7.38. The summed E-state index contributed by atoms with van der Waals surface area (Å²) in [4.78, 5) is 14.1. The summed E-state index contributed by atoms with van der Waals surface area (Å²) in [6, 6.07) is 6.90. The summed E-state index contributed by atoms with van der Waals surface area (Å²) in [5.41, 5.74) is 7.57. The highest BCUT2D eigenvalue weighted by Gasteiger charge is 2.28. The van der Waals surface area contributed by atoms with Gasteiger partial charge in [-0.2, -0.15) is 5.10 Å². The number of H-pyrrole nitrogens is 1. The maximum Gasteiger partial charge on any atom is 0.271 e. The molecule has 0 spiro atoms. The molecule has 3 rings (SSSR count). The Labute approximate surface area is 128 Å². The Kier molecular flexibility index (Phi) is 3.83. The highest BCUT2D eigenvalue weighted by molar-refractivity contribution is 5.93. The van der Waals surface area contributed by atoms with Gasteiger partial charge in [0.05, 0.1) is 0 Å². The standard InChI is InChI=1S/C16H19FN4O/c1-10-2-3-11(7-13(10)17)6-12-4-5-21(9-12)16(22)14-8-15(18)20-19-14/h2-3,7-8,12H,4-6,9H2,1H3,(H3,18,19,20). The summed E-state index contributed by atoms with van der Waals surface area (Å²) in [5, 5.41) is 6.42. The van der Waals surface area contributed by atoms with Crippen LogP contribution in [0.25, 0.3) is 0 Å². The molecule has 0 saturated carbocycles. The van der Waals surface area contributed by atoms with Gasteiger partial charge in [-0.15, -0.1) is 0 Å². The Hall–Kier alpha value is -2.37. The number of amides is 1. The van der Waals surface area contributed by atoms with Crippen LogP contribution in [0.5, 0.6) is 0 Å². The van der Waals surface area contributed by atoms with Crippen molar-refractivity contribution in [1.29, 1.82) is 0 Å². The monoisotopic (exact) mass is 302 g/mol. The van der Waals surface area contributed by atoms with E-state index in [1.54, 1.807) is 30.0 Å². The third-order valence-corrected chi connectivity index (χ3v) is 4.16. The number of nitrogens with zero attached hydrogens (tertiary/aromatic N) is 2. The van der Waals surface area contributed by atoms with Gasteiger partial charge in [-0.25, -0.2) is 4.39 Å². The Morgan fingerprint density at radius 3 is 3.00 bits per heavy atom. The van der Waals surface area contributed by atoms with Crippen molar-refractivity contribution < 1.29 is 9.18 Å². The van der Waals surface area contributed by atoms with Gasteiger partial charge in [0.25, 0.3) is 5.91 Å². The molecule has 0 aliphatic carbocycles. The van der Waals surface area contributed by atoms with Crippen LogP contribution in [0.1, 0.15) is 28.0 Å². The molecule has 1 amide bonds. The smallest absolute Gasteiger partial charge is 0.271 e. The van der Waals surface area contributed by atoms with Gasteiger partial charge in [0, 0.05) is 19.2 Å². The number of rotatable bonds is 3. The van der Waals surface area contributed by atoms with E-state index in [9.17, 15) is 9.18 Å². The Bertz CT molecular complexity index is 697. The first-order valence-corrected chi connectivity index (χ1v) is 7.38. The Morgan fingerprint density at radius 2 is 2.32 bits per heavy atom.